The standard InChI is InChI=1S/C13H16N4O3/c1-8-7-17(3-4-20-8)11-9-6-15-16(2)12(9)14-5-10(11)13(18)19/h5-6,8H,3-4,7H2,1-2H3,(H,18,19). The lowest BCUT2D eigenvalue weighted by Gasteiger charge is -2.33. The zero-order valence-corrected chi connectivity index (χ0v) is 11.4. The maximum absolute atomic E-state index is 11.5. The van der Waals surface area contributed by atoms with E-state index in [1.165, 1.54) is 6.20 Å². The SMILES string of the molecule is CC1CN(c2c(C(=O)O)cnc3c2cnn3C)CCO1. The predicted octanol–water partition coefficient (Wildman–Crippen LogP) is 0.892. The molecule has 0 aromatic carbocycles. The molecule has 0 saturated carbocycles. The summed E-state index contributed by atoms with van der Waals surface area (Å²) < 4.78 is 7.17. The summed E-state index contributed by atoms with van der Waals surface area (Å²) in [5, 5.41) is 14.3. The van der Waals surface area contributed by atoms with Crippen molar-refractivity contribution in [3.63, 3.8) is 0 Å². The molecule has 20 heavy (non-hydrogen) atoms. The van der Waals surface area contributed by atoms with E-state index in [1.54, 1.807) is 17.9 Å². The van der Waals surface area contributed by atoms with Crippen molar-refractivity contribution in [1.82, 2.24) is 14.8 Å². The molecule has 1 fully saturated rings. The lowest BCUT2D eigenvalue weighted by Crippen LogP contribution is -2.41. The van der Waals surface area contributed by atoms with Crippen LogP contribution in [0, 0.1) is 0 Å². The number of nitrogens with zero attached hydrogens (tertiary/aromatic N) is 4. The smallest absolute Gasteiger partial charge is 0.339 e. The summed E-state index contributed by atoms with van der Waals surface area (Å²) in [7, 11) is 1.79. The summed E-state index contributed by atoms with van der Waals surface area (Å²) in [6.45, 7) is 3.89. The number of carboxylic acids is 1. The highest BCUT2D eigenvalue weighted by Gasteiger charge is 2.25. The molecule has 1 unspecified atom stereocenters. The van der Waals surface area contributed by atoms with Crippen LogP contribution >= 0.6 is 0 Å². The summed E-state index contributed by atoms with van der Waals surface area (Å²) >= 11 is 0. The van der Waals surface area contributed by atoms with Gasteiger partial charge in [0.1, 0.15) is 5.56 Å². The average molecular weight is 276 g/mol. The summed E-state index contributed by atoms with van der Waals surface area (Å²) in [6.07, 6.45) is 3.15. The number of morpholine rings is 1. The monoisotopic (exact) mass is 276 g/mol. The molecule has 0 spiro atoms. The Labute approximate surface area is 115 Å². The number of carboxylic acid groups (broad SMARTS) is 1. The molecule has 1 atom stereocenters. The van der Waals surface area contributed by atoms with Crippen LogP contribution in [0.4, 0.5) is 5.69 Å². The third kappa shape index (κ3) is 2.00. The number of anilines is 1. The second-order valence-electron chi connectivity index (χ2n) is 4.96. The Morgan fingerprint density at radius 3 is 3.00 bits per heavy atom. The van der Waals surface area contributed by atoms with Gasteiger partial charge in [-0.05, 0) is 6.92 Å². The second kappa shape index (κ2) is 4.75. The molecule has 0 amide bonds. The van der Waals surface area contributed by atoms with Gasteiger partial charge >= 0.3 is 5.97 Å². The van der Waals surface area contributed by atoms with Crippen LogP contribution in [0.15, 0.2) is 12.4 Å². The molecule has 2 aromatic rings. The molecule has 0 radical (unpaired) electrons. The van der Waals surface area contributed by atoms with Gasteiger partial charge in [-0.25, -0.2) is 9.78 Å². The molecule has 3 rings (SSSR count). The Bertz CT molecular complexity index is 667. The van der Waals surface area contributed by atoms with Crippen molar-refractivity contribution in [2.45, 2.75) is 13.0 Å². The highest BCUT2D eigenvalue weighted by molar-refractivity contribution is 6.03. The lowest BCUT2D eigenvalue weighted by molar-refractivity contribution is 0.0529. The Hall–Kier alpha value is -2.15. The van der Waals surface area contributed by atoms with Gasteiger partial charge in [0.05, 0.1) is 30.0 Å². The quantitative estimate of drug-likeness (QED) is 0.877. The third-order valence-corrected chi connectivity index (χ3v) is 3.52. The Kier molecular flexibility index (Phi) is 3.06. The summed E-state index contributed by atoms with van der Waals surface area (Å²) in [4.78, 5) is 17.7. The van der Waals surface area contributed by atoms with E-state index in [1.807, 2.05) is 11.8 Å². The van der Waals surface area contributed by atoms with E-state index >= 15 is 0 Å². The van der Waals surface area contributed by atoms with Gasteiger partial charge in [-0.3, -0.25) is 4.68 Å². The van der Waals surface area contributed by atoms with Gasteiger partial charge in [-0.1, -0.05) is 0 Å². The first-order chi connectivity index (χ1) is 9.58. The van der Waals surface area contributed by atoms with Gasteiger partial charge in [-0.2, -0.15) is 5.10 Å². The lowest BCUT2D eigenvalue weighted by atomic mass is 10.1. The number of pyridine rings is 1. The third-order valence-electron chi connectivity index (χ3n) is 3.52. The van der Waals surface area contributed by atoms with E-state index in [4.69, 9.17) is 4.74 Å². The molecule has 2 aromatic heterocycles. The zero-order valence-electron chi connectivity index (χ0n) is 11.4. The molecule has 7 heteroatoms. The van der Waals surface area contributed by atoms with Crippen LogP contribution in [0.1, 0.15) is 17.3 Å². The molecule has 1 aliphatic heterocycles. The molecule has 0 bridgehead atoms. The molecule has 7 nitrogen and oxygen atoms in total. The van der Waals surface area contributed by atoms with Crippen molar-refractivity contribution in [2.75, 3.05) is 24.6 Å². The zero-order chi connectivity index (χ0) is 14.3. The fraction of sp³-hybridized carbons (Fsp3) is 0.462. The summed E-state index contributed by atoms with van der Waals surface area (Å²) in [5.74, 6) is -0.975. The van der Waals surface area contributed by atoms with E-state index in [0.29, 0.717) is 31.0 Å². The van der Waals surface area contributed by atoms with Crippen LogP contribution in [0.2, 0.25) is 0 Å². The number of aromatic carboxylic acids is 1. The molecular weight excluding hydrogens is 260 g/mol. The molecule has 0 aliphatic carbocycles. The Morgan fingerprint density at radius 1 is 1.50 bits per heavy atom. The van der Waals surface area contributed by atoms with Gasteiger partial charge in [0.2, 0.25) is 0 Å². The first-order valence-corrected chi connectivity index (χ1v) is 6.48. The first kappa shape index (κ1) is 12.9. The average Bonchev–Trinajstić information content (AvgIpc) is 2.79. The summed E-state index contributed by atoms with van der Waals surface area (Å²) in [6, 6.07) is 0. The van der Waals surface area contributed by atoms with E-state index < -0.39 is 5.97 Å². The maximum atomic E-state index is 11.5. The number of hydrogen-bond donors (Lipinski definition) is 1. The van der Waals surface area contributed by atoms with Crippen LogP contribution < -0.4 is 4.90 Å². The minimum absolute atomic E-state index is 0.0743. The van der Waals surface area contributed by atoms with Crippen LogP contribution in [0.5, 0.6) is 0 Å². The predicted molar refractivity (Wildman–Crippen MR) is 73.1 cm³/mol. The van der Waals surface area contributed by atoms with Crippen molar-refractivity contribution >= 4 is 22.7 Å². The second-order valence-corrected chi connectivity index (χ2v) is 4.96. The van der Waals surface area contributed by atoms with Gasteiger partial charge in [-0.15, -0.1) is 0 Å². The van der Waals surface area contributed by atoms with E-state index in [0.717, 1.165) is 5.39 Å². The normalized spacial score (nSPS) is 19.5. The fourth-order valence-electron chi connectivity index (χ4n) is 2.60. The van der Waals surface area contributed by atoms with E-state index in [2.05, 4.69) is 10.1 Å². The molecule has 1 aliphatic rings. The number of aryl methyl sites for hydroxylation is 1. The van der Waals surface area contributed by atoms with Crippen molar-refractivity contribution < 1.29 is 14.6 Å². The Balaban J connectivity index is 2.19. The van der Waals surface area contributed by atoms with Crippen LogP contribution in [0.25, 0.3) is 11.0 Å². The molecular formula is C13H16N4O3. The van der Waals surface area contributed by atoms with Gasteiger partial charge in [0, 0.05) is 26.3 Å². The van der Waals surface area contributed by atoms with Crippen molar-refractivity contribution in [2.24, 2.45) is 7.05 Å². The molecule has 1 N–H and O–H groups in total. The highest BCUT2D eigenvalue weighted by Crippen LogP contribution is 2.30. The van der Waals surface area contributed by atoms with Crippen LogP contribution in [0.3, 0.4) is 0 Å². The topological polar surface area (TPSA) is 80.5 Å². The van der Waals surface area contributed by atoms with Crippen LogP contribution in [-0.2, 0) is 11.8 Å². The van der Waals surface area contributed by atoms with Gasteiger partial charge in [0.15, 0.2) is 5.65 Å². The van der Waals surface area contributed by atoms with Crippen molar-refractivity contribution in [3.8, 4) is 0 Å². The van der Waals surface area contributed by atoms with Crippen molar-refractivity contribution in [3.05, 3.63) is 18.0 Å². The van der Waals surface area contributed by atoms with Crippen molar-refractivity contribution in [1.29, 1.82) is 0 Å². The number of hydrogen-bond acceptors (Lipinski definition) is 5. The van der Waals surface area contributed by atoms with E-state index in [9.17, 15) is 9.90 Å². The number of rotatable bonds is 2. The summed E-state index contributed by atoms with van der Waals surface area (Å²) in [5.41, 5.74) is 1.58. The molecule has 106 valence electrons. The van der Waals surface area contributed by atoms with Crippen LogP contribution in [-0.4, -0.2) is 51.6 Å². The first-order valence-electron chi connectivity index (χ1n) is 6.48. The number of aromatic nitrogens is 3. The maximum Gasteiger partial charge on any atom is 0.339 e. The Morgan fingerprint density at radius 2 is 2.30 bits per heavy atom. The van der Waals surface area contributed by atoms with Gasteiger partial charge < -0.3 is 14.7 Å². The minimum Gasteiger partial charge on any atom is -0.478 e. The molecule has 3 heterocycles. The minimum atomic E-state index is -0.975. The number of ether oxygens (including phenoxy) is 1. The number of carbonyl (C=O) groups is 1. The number of fused-ring (bicyclic) bond motifs is 1. The molecule has 1 saturated heterocycles. The largest absolute Gasteiger partial charge is 0.478 e. The van der Waals surface area contributed by atoms with E-state index in [-0.39, 0.29) is 11.7 Å². The van der Waals surface area contributed by atoms with Gasteiger partial charge in [0.25, 0.3) is 0 Å². The fourth-order valence-corrected chi connectivity index (χ4v) is 2.60. The highest BCUT2D eigenvalue weighted by atomic mass is 16.5.